The largest absolute Gasteiger partial charge is 0.359 e. The molecule has 6 heteroatoms. The zero-order chi connectivity index (χ0) is 19.3. The molecule has 2 aromatic rings. The van der Waals surface area contributed by atoms with Crippen molar-refractivity contribution in [3.05, 3.63) is 59.7 Å². The highest BCUT2D eigenvalue weighted by molar-refractivity contribution is 7.92. The van der Waals surface area contributed by atoms with E-state index in [0.717, 1.165) is 5.56 Å². The van der Waals surface area contributed by atoms with Gasteiger partial charge in [-0.25, -0.2) is 8.42 Å². The number of anilines is 1. The summed E-state index contributed by atoms with van der Waals surface area (Å²) >= 11 is 0. The Balaban J connectivity index is 1.68. The number of sulfonamides is 1. The first-order valence-corrected chi connectivity index (χ1v) is 10.9. The average Bonchev–Trinajstić information content (AvgIpc) is 2.70. The number of likely N-dealkylation sites (N-methyl/N-ethyl adjacent to an activating group) is 1. The maximum atomic E-state index is 12.6. The highest BCUT2D eigenvalue weighted by Gasteiger charge is 2.18. The number of nitrogens with one attached hydrogen (secondary N) is 2. The third-order valence-electron chi connectivity index (χ3n) is 5.12. The fraction of sp³-hybridized carbons (Fsp3) is 0.381. The molecule has 1 fully saturated rings. The van der Waals surface area contributed by atoms with Crippen molar-refractivity contribution in [1.82, 2.24) is 5.32 Å². The average molecular weight is 387 g/mol. The molecule has 1 aliphatic rings. The summed E-state index contributed by atoms with van der Waals surface area (Å²) < 4.78 is 27.8. The number of hydrogen-bond acceptors (Lipinski definition) is 3. The molecular formula is C21H26N2O3S. The fourth-order valence-corrected chi connectivity index (χ4v) is 4.59. The molecule has 1 aliphatic carbocycles. The van der Waals surface area contributed by atoms with Crippen molar-refractivity contribution in [3.63, 3.8) is 0 Å². The molecule has 144 valence electrons. The second-order valence-electron chi connectivity index (χ2n) is 7.06. The zero-order valence-corrected chi connectivity index (χ0v) is 16.4. The van der Waals surface area contributed by atoms with Gasteiger partial charge in [0.25, 0.3) is 10.0 Å². The van der Waals surface area contributed by atoms with E-state index in [2.05, 4.69) is 10.0 Å². The lowest BCUT2D eigenvalue weighted by Crippen LogP contribution is -2.19. The van der Waals surface area contributed by atoms with Crippen LogP contribution < -0.4 is 10.0 Å². The van der Waals surface area contributed by atoms with Gasteiger partial charge in [0, 0.05) is 12.7 Å². The third kappa shape index (κ3) is 5.10. The molecule has 0 saturated heterocycles. The van der Waals surface area contributed by atoms with Crippen LogP contribution >= 0.6 is 0 Å². The Morgan fingerprint density at radius 3 is 2.19 bits per heavy atom. The van der Waals surface area contributed by atoms with Crippen LogP contribution in [0.3, 0.4) is 0 Å². The number of amides is 1. The van der Waals surface area contributed by atoms with Crippen molar-refractivity contribution >= 4 is 21.6 Å². The molecule has 2 N–H and O–H groups in total. The Labute approximate surface area is 161 Å². The third-order valence-corrected chi connectivity index (χ3v) is 6.51. The van der Waals surface area contributed by atoms with Gasteiger partial charge in [-0.1, -0.05) is 43.5 Å². The van der Waals surface area contributed by atoms with E-state index < -0.39 is 10.0 Å². The smallest absolute Gasteiger partial charge is 0.261 e. The lowest BCUT2D eigenvalue weighted by atomic mass is 9.84. The number of hydrogen-bond donors (Lipinski definition) is 2. The Kier molecular flexibility index (Phi) is 6.16. The standard InChI is InChI=1S/C21H26N2O3S/c1-22-21(24)15-16-7-11-19(12-8-16)23-27(25,26)20-13-9-18(10-14-20)17-5-3-2-4-6-17/h7-14,17,23H,2-6,15H2,1H3,(H,22,24). The molecule has 0 unspecified atom stereocenters. The summed E-state index contributed by atoms with van der Waals surface area (Å²) in [5, 5.41) is 2.57. The summed E-state index contributed by atoms with van der Waals surface area (Å²) in [6, 6.07) is 14.1. The van der Waals surface area contributed by atoms with E-state index in [4.69, 9.17) is 0 Å². The molecule has 0 aromatic heterocycles. The highest BCUT2D eigenvalue weighted by Crippen LogP contribution is 2.33. The molecule has 0 heterocycles. The van der Waals surface area contributed by atoms with E-state index in [0.29, 0.717) is 11.6 Å². The maximum Gasteiger partial charge on any atom is 0.261 e. The van der Waals surface area contributed by atoms with E-state index in [1.54, 1.807) is 43.4 Å². The van der Waals surface area contributed by atoms with Crippen LogP contribution in [0.15, 0.2) is 53.4 Å². The highest BCUT2D eigenvalue weighted by atomic mass is 32.2. The van der Waals surface area contributed by atoms with Crippen LogP contribution in [-0.2, 0) is 21.2 Å². The Bertz CT molecular complexity index is 869. The quantitative estimate of drug-likeness (QED) is 0.792. The summed E-state index contributed by atoms with van der Waals surface area (Å²) in [7, 11) is -2.04. The molecule has 0 radical (unpaired) electrons. The Hall–Kier alpha value is -2.34. The topological polar surface area (TPSA) is 75.3 Å². The van der Waals surface area contributed by atoms with Crippen molar-refractivity contribution in [2.24, 2.45) is 0 Å². The fourth-order valence-electron chi connectivity index (χ4n) is 3.53. The summed E-state index contributed by atoms with van der Waals surface area (Å²) in [5.41, 5.74) is 2.54. The molecule has 3 rings (SSSR count). The van der Waals surface area contributed by atoms with Gasteiger partial charge in [0.05, 0.1) is 11.3 Å². The van der Waals surface area contributed by atoms with Crippen molar-refractivity contribution < 1.29 is 13.2 Å². The van der Waals surface area contributed by atoms with E-state index >= 15 is 0 Å². The van der Waals surface area contributed by atoms with Gasteiger partial charge >= 0.3 is 0 Å². The minimum atomic E-state index is -3.63. The van der Waals surface area contributed by atoms with Crippen LogP contribution in [0.2, 0.25) is 0 Å². The molecular weight excluding hydrogens is 360 g/mol. The summed E-state index contributed by atoms with van der Waals surface area (Å²) in [6.07, 6.45) is 6.45. The minimum Gasteiger partial charge on any atom is -0.359 e. The number of rotatable bonds is 6. The summed E-state index contributed by atoms with van der Waals surface area (Å²) in [5.74, 6) is 0.470. The second-order valence-corrected chi connectivity index (χ2v) is 8.74. The van der Waals surface area contributed by atoms with E-state index in [1.165, 1.54) is 37.7 Å². The van der Waals surface area contributed by atoms with Crippen LogP contribution in [-0.4, -0.2) is 21.4 Å². The van der Waals surface area contributed by atoms with Gasteiger partial charge in [-0.3, -0.25) is 9.52 Å². The predicted molar refractivity (Wildman–Crippen MR) is 107 cm³/mol. The van der Waals surface area contributed by atoms with E-state index in [-0.39, 0.29) is 17.2 Å². The molecule has 0 bridgehead atoms. The molecule has 2 aromatic carbocycles. The first-order chi connectivity index (χ1) is 13.0. The monoisotopic (exact) mass is 386 g/mol. The van der Waals surface area contributed by atoms with Crippen LogP contribution in [0.4, 0.5) is 5.69 Å². The molecule has 0 spiro atoms. The minimum absolute atomic E-state index is 0.0820. The van der Waals surface area contributed by atoms with Crippen molar-refractivity contribution in [3.8, 4) is 0 Å². The van der Waals surface area contributed by atoms with Gasteiger partial charge in [0.1, 0.15) is 0 Å². The van der Waals surface area contributed by atoms with Crippen LogP contribution in [0.5, 0.6) is 0 Å². The van der Waals surface area contributed by atoms with Crippen LogP contribution in [0, 0.1) is 0 Å². The number of carbonyl (C=O) groups is 1. The van der Waals surface area contributed by atoms with Crippen molar-refractivity contribution in [2.75, 3.05) is 11.8 Å². The van der Waals surface area contributed by atoms with Crippen LogP contribution in [0.25, 0.3) is 0 Å². The first-order valence-electron chi connectivity index (χ1n) is 9.40. The Morgan fingerprint density at radius 1 is 0.963 bits per heavy atom. The van der Waals surface area contributed by atoms with Gasteiger partial charge in [-0.05, 0) is 54.2 Å². The maximum absolute atomic E-state index is 12.6. The molecule has 1 saturated carbocycles. The molecule has 27 heavy (non-hydrogen) atoms. The van der Waals surface area contributed by atoms with E-state index in [1.807, 2.05) is 12.1 Å². The normalized spacial score (nSPS) is 15.3. The predicted octanol–water partition coefficient (Wildman–Crippen LogP) is 3.82. The first kappa shape index (κ1) is 19.4. The zero-order valence-electron chi connectivity index (χ0n) is 15.6. The Morgan fingerprint density at radius 2 is 1.59 bits per heavy atom. The summed E-state index contributed by atoms with van der Waals surface area (Å²) in [4.78, 5) is 11.7. The molecule has 0 atom stereocenters. The van der Waals surface area contributed by atoms with Gasteiger partial charge in [-0.2, -0.15) is 0 Å². The summed E-state index contributed by atoms with van der Waals surface area (Å²) in [6.45, 7) is 0. The van der Waals surface area contributed by atoms with Gasteiger partial charge in [0.15, 0.2) is 0 Å². The lowest BCUT2D eigenvalue weighted by molar-refractivity contribution is -0.119. The lowest BCUT2D eigenvalue weighted by Gasteiger charge is -2.22. The van der Waals surface area contributed by atoms with Gasteiger partial charge in [-0.15, -0.1) is 0 Å². The van der Waals surface area contributed by atoms with Crippen LogP contribution in [0.1, 0.15) is 49.1 Å². The second kappa shape index (κ2) is 8.57. The van der Waals surface area contributed by atoms with E-state index in [9.17, 15) is 13.2 Å². The van der Waals surface area contributed by atoms with Gasteiger partial charge < -0.3 is 5.32 Å². The number of benzene rings is 2. The van der Waals surface area contributed by atoms with Crippen molar-refractivity contribution in [2.45, 2.75) is 49.3 Å². The molecule has 0 aliphatic heterocycles. The van der Waals surface area contributed by atoms with Gasteiger partial charge in [0.2, 0.25) is 5.91 Å². The van der Waals surface area contributed by atoms with Crippen molar-refractivity contribution in [1.29, 1.82) is 0 Å². The SMILES string of the molecule is CNC(=O)Cc1ccc(NS(=O)(=O)c2ccc(C3CCCCC3)cc2)cc1. The molecule has 5 nitrogen and oxygen atoms in total. The number of carbonyl (C=O) groups excluding carboxylic acids is 1. The molecule has 1 amide bonds.